The number of carbonyl (C=O) groups is 2. The van der Waals surface area contributed by atoms with Gasteiger partial charge in [-0.2, -0.15) is 0 Å². The second kappa shape index (κ2) is 11.7. The van der Waals surface area contributed by atoms with Gasteiger partial charge in [-0.1, -0.05) is 25.6 Å². The zero-order valence-corrected chi connectivity index (χ0v) is 18.8. The number of rotatable bonds is 9. The van der Waals surface area contributed by atoms with E-state index >= 15 is 0 Å². The molecule has 10 heteroatoms. The Morgan fingerprint density at radius 2 is 1.83 bits per heavy atom. The molecule has 0 atom stereocenters. The number of amidine groups is 1. The van der Waals surface area contributed by atoms with Crippen molar-refractivity contribution in [3.8, 4) is 17.1 Å². The van der Waals surface area contributed by atoms with Crippen molar-refractivity contribution in [1.29, 1.82) is 5.41 Å². The Balaban J connectivity index is 0.00000342. The normalized spacial score (nSPS) is 15.7. The van der Waals surface area contributed by atoms with Gasteiger partial charge in [0.05, 0.1) is 6.61 Å². The molecule has 1 saturated carbocycles. The summed E-state index contributed by atoms with van der Waals surface area (Å²) < 4.78 is 25.7. The molecular formula is C25H32FN5O4. The van der Waals surface area contributed by atoms with Crippen molar-refractivity contribution in [2.24, 2.45) is 17.6 Å². The molecule has 1 aromatic carbocycles. The second-order valence-electron chi connectivity index (χ2n) is 8.75. The molecule has 0 bridgehead atoms. The molecule has 2 aliphatic rings. The van der Waals surface area contributed by atoms with E-state index in [0.29, 0.717) is 24.0 Å². The predicted molar refractivity (Wildman–Crippen MR) is 128 cm³/mol. The topological polar surface area (TPSA) is 131 Å². The molecule has 0 spiro atoms. The lowest BCUT2D eigenvalue weighted by Gasteiger charge is -2.31. The van der Waals surface area contributed by atoms with Crippen LogP contribution in [0.1, 0.15) is 45.1 Å². The Bertz CT molecular complexity index is 1050. The number of nitrogens with one attached hydrogen (secondary N) is 1. The fourth-order valence-corrected chi connectivity index (χ4v) is 3.91. The van der Waals surface area contributed by atoms with Crippen LogP contribution in [0.3, 0.4) is 0 Å². The number of piperidine rings is 1. The summed E-state index contributed by atoms with van der Waals surface area (Å²) in [6.07, 6.45) is 6.48. The fraction of sp³-hybridized carbons (Fsp3) is 0.480. The molecule has 1 aliphatic heterocycles. The van der Waals surface area contributed by atoms with Crippen LogP contribution < -0.4 is 10.5 Å². The number of aromatic nitrogens is 2. The zero-order chi connectivity index (χ0) is 24.1. The summed E-state index contributed by atoms with van der Waals surface area (Å²) in [6.45, 7) is 1.74. The van der Waals surface area contributed by atoms with Crippen molar-refractivity contribution < 1.29 is 23.5 Å². The van der Waals surface area contributed by atoms with Gasteiger partial charge in [-0.3, -0.25) is 15.0 Å². The molecule has 0 unspecified atom stereocenters. The third-order valence-corrected chi connectivity index (χ3v) is 6.04. The highest BCUT2D eigenvalue weighted by molar-refractivity contribution is 5.94. The first-order valence-electron chi connectivity index (χ1n) is 11.4. The SMILES string of the molecule is C.N=C(N)CC(=O)OCc1cccc(-c2cnc(OCC3CCN(C(=O)C4CC4)CC3)nc2)c1F. The van der Waals surface area contributed by atoms with Gasteiger partial charge in [0.2, 0.25) is 5.91 Å². The van der Waals surface area contributed by atoms with E-state index in [-0.39, 0.29) is 49.3 Å². The quantitative estimate of drug-likeness (QED) is 0.316. The Hall–Kier alpha value is -3.56. The Kier molecular flexibility index (Phi) is 8.73. The van der Waals surface area contributed by atoms with E-state index in [9.17, 15) is 14.0 Å². The van der Waals surface area contributed by atoms with Crippen LogP contribution in [-0.4, -0.2) is 52.3 Å². The number of halogens is 1. The molecule has 35 heavy (non-hydrogen) atoms. The van der Waals surface area contributed by atoms with Crippen molar-refractivity contribution in [3.63, 3.8) is 0 Å². The number of benzene rings is 1. The molecule has 2 aromatic rings. The van der Waals surface area contributed by atoms with Crippen molar-refractivity contribution >= 4 is 17.7 Å². The molecule has 4 rings (SSSR count). The highest BCUT2D eigenvalue weighted by Crippen LogP contribution is 2.32. The van der Waals surface area contributed by atoms with Gasteiger partial charge >= 0.3 is 12.0 Å². The number of esters is 1. The summed E-state index contributed by atoms with van der Waals surface area (Å²) >= 11 is 0. The lowest BCUT2D eigenvalue weighted by Crippen LogP contribution is -2.40. The first-order valence-corrected chi connectivity index (χ1v) is 11.4. The molecular weight excluding hydrogens is 453 g/mol. The molecule has 3 N–H and O–H groups in total. The van der Waals surface area contributed by atoms with Gasteiger partial charge in [0, 0.05) is 48.1 Å². The molecule has 1 amide bonds. The van der Waals surface area contributed by atoms with Crippen molar-refractivity contribution in [2.75, 3.05) is 19.7 Å². The van der Waals surface area contributed by atoms with Gasteiger partial charge in [0.15, 0.2) is 0 Å². The minimum Gasteiger partial charge on any atom is -0.463 e. The zero-order valence-electron chi connectivity index (χ0n) is 18.8. The van der Waals surface area contributed by atoms with Crippen molar-refractivity contribution in [2.45, 2.75) is 46.1 Å². The lowest BCUT2D eigenvalue weighted by molar-refractivity contribution is -0.143. The first-order chi connectivity index (χ1) is 16.4. The summed E-state index contributed by atoms with van der Waals surface area (Å²) in [5.41, 5.74) is 6.11. The fourth-order valence-electron chi connectivity index (χ4n) is 3.91. The van der Waals surface area contributed by atoms with Crippen LogP contribution in [0.5, 0.6) is 6.01 Å². The molecule has 188 valence electrons. The van der Waals surface area contributed by atoms with Crippen LogP contribution >= 0.6 is 0 Å². The Morgan fingerprint density at radius 3 is 2.46 bits per heavy atom. The summed E-state index contributed by atoms with van der Waals surface area (Å²) in [4.78, 5) is 34.1. The predicted octanol–water partition coefficient (Wildman–Crippen LogP) is 3.32. The number of nitrogens with two attached hydrogens (primary N) is 1. The van der Waals surface area contributed by atoms with E-state index < -0.39 is 11.8 Å². The van der Waals surface area contributed by atoms with Crippen LogP contribution in [0.15, 0.2) is 30.6 Å². The minimum atomic E-state index is -0.692. The maximum absolute atomic E-state index is 14.9. The summed E-state index contributed by atoms with van der Waals surface area (Å²) in [6, 6.07) is 4.97. The van der Waals surface area contributed by atoms with Gasteiger partial charge in [-0.15, -0.1) is 0 Å². The highest BCUT2D eigenvalue weighted by atomic mass is 19.1. The molecule has 1 aliphatic carbocycles. The monoisotopic (exact) mass is 485 g/mol. The maximum atomic E-state index is 14.9. The van der Waals surface area contributed by atoms with E-state index in [1.165, 1.54) is 18.5 Å². The van der Waals surface area contributed by atoms with E-state index in [1.54, 1.807) is 12.1 Å². The minimum absolute atomic E-state index is 0. The van der Waals surface area contributed by atoms with Crippen LogP contribution in [0, 0.1) is 23.1 Å². The van der Waals surface area contributed by atoms with E-state index in [4.69, 9.17) is 20.6 Å². The molecule has 1 aromatic heterocycles. The standard InChI is InChI=1S/C24H28FN5O4.CH4/c25-22-17(14-33-21(31)10-20(26)27)2-1-3-19(22)18-11-28-24(29-12-18)34-13-15-6-8-30(9-7-15)23(32)16-4-5-16;/h1-3,11-12,15-16H,4-10,13-14H2,(H3,26,27);1H4. The Labute approximate surface area is 204 Å². The number of carbonyl (C=O) groups excluding carboxylic acids is 2. The van der Waals surface area contributed by atoms with E-state index in [1.807, 2.05) is 4.90 Å². The smallest absolute Gasteiger partial charge is 0.316 e. The second-order valence-corrected chi connectivity index (χ2v) is 8.75. The molecule has 2 fully saturated rings. The number of nitrogens with zero attached hydrogens (tertiary/aromatic N) is 3. The number of ether oxygens (including phenoxy) is 2. The van der Waals surface area contributed by atoms with Gasteiger partial charge < -0.3 is 20.1 Å². The summed E-state index contributed by atoms with van der Waals surface area (Å²) in [7, 11) is 0. The molecule has 9 nitrogen and oxygen atoms in total. The average Bonchev–Trinajstić information content (AvgIpc) is 3.68. The van der Waals surface area contributed by atoms with E-state index in [0.717, 1.165) is 38.8 Å². The Morgan fingerprint density at radius 1 is 1.14 bits per heavy atom. The average molecular weight is 486 g/mol. The largest absolute Gasteiger partial charge is 0.463 e. The highest BCUT2D eigenvalue weighted by Gasteiger charge is 2.35. The summed E-state index contributed by atoms with van der Waals surface area (Å²) in [5.74, 6) is -0.653. The summed E-state index contributed by atoms with van der Waals surface area (Å²) in [5, 5.41) is 7.11. The van der Waals surface area contributed by atoms with Crippen LogP contribution in [0.4, 0.5) is 4.39 Å². The van der Waals surface area contributed by atoms with Crippen molar-refractivity contribution in [3.05, 3.63) is 42.0 Å². The number of hydrogen-bond donors (Lipinski definition) is 2. The third kappa shape index (κ3) is 6.97. The van der Waals surface area contributed by atoms with Crippen LogP contribution in [-0.2, 0) is 20.9 Å². The number of amides is 1. The molecule has 0 radical (unpaired) electrons. The van der Waals surface area contributed by atoms with Gasteiger partial charge in [0.1, 0.15) is 24.7 Å². The van der Waals surface area contributed by atoms with Crippen molar-refractivity contribution in [1.82, 2.24) is 14.9 Å². The van der Waals surface area contributed by atoms with Gasteiger partial charge in [-0.25, -0.2) is 14.4 Å². The number of hydrogen-bond acceptors (Lipinski definition) is 7. The molecule has 2 heterocycles. The molecule has 1 saturated heterocycles. The van der Waals surface area contributed by atoms with Crippen LogP contribution in [0.2, 0.25) is 0 Å². The lowest BCUT2D eigenvalue weighted by atomic mass is 9.97. The third-order valence-electron chi connectivity index (χ3n) is 6.04. The van der Waals surface area contributed by atoms with Gasteiger partial charge in [0.25, 0.3) is 0 Å². The number of likely N-dealkylation sites (tertiary alicyclic amines) is 1. The first kappa shape index (κ1) is 26.1. The van der Waals surface area contributed by atoms with Crippen LogP contribution in [0.25, 0.3) is 11.1 Å². The maximum Gasteiger partial charge on any atom is 0.316 e. The van der Waals surface area contributed by atoms with E-state index in [2.05, 4.69) is 9.97 Å². The van der Waals surface area contributed by atoms with Gasteiger partial charge in [-0.05, 0) is 31.6 Å².